The van der Waals surface area contributed by atoms with E-state index in [1.165, 1.54) is 29.6 Å². The van der Waals surface area contributed by atoms with Gasteiger partial charge in [-0.1, -0.05) is 0 Å². The Labute approximate surface area is 160 Å². The first-order chi connectivity index (χ1) is 13.5. The van der Waals surface area contributed by atoms with Crippen LogP contribution < -0.4 is 15.1 Å². The summed E-state index contributed by atoms with van der Waals surface area (Å²) in [5, 5.41) is 21.0. The molecule has 0 bridgehead atoms. The predicted molar refractivity (Wildman–Crippen MR) is 104 cm³/mol. The summed E-state index contributed by atoms with van der Waals surface area (Å²) in [5.74, 6) is 0.215. The molecule has 144 valence electrons. The summed E-state index contributed by atoms with van der Waals surface area (Å²) in [7, 11) is 0. The van der Waals surface area contributed by atoms with Gasteiger partial charge in [-0.3, -0.25) is 14.7 Å². The van der Waals surface area contributed by atoms with E-state index in [9.17, 15) is 14.3 Å². The number of carbonyl (C=O) groups excluding carboxylic acids is 1. The van der Waals surface area contributed by atoms with Gasteiger partial charge in [0, 0.05) is 18.9 Å². The monoisotopic (exact) mass is 382 g/mol. The third kappa shape index (κ3) is 3.38. The quantitative estimate of drug-likeness (QED) is 0.700. The van der Waals surface area contributed by atoms with Crippen molar-refractivity contribution in [3.8, 4) is 5.75 Å². The number of rotatable bonds is 4. The van der Waals surface area contributed by atoms with Crippen molar-refractivity contribution in [2.45, 2.75) is 12.6 Å². The molecule has 2 aromatic rings. The first kappa shape index (κ1) is 17.9. The average Bonchev–Trinajstić information content (AvgIpc) is 3.24. The summed E-state index contributed by atoms with van der Waals surface area (Å²) in [5.41, 5.74) is 1.32. The van der Waals surface area contributed by atoms with Crippen LogP contribution >= 0.6 is 0 Å². The molecule has 1 amide bonds. The van der Waals surface area contributed by atoms with Crippen molar-refractivity contribution in [1.29, 1.82) is 5.41 Å². The van der Waals surface area contributed by atoms with Crippen LogP contribution in [0.4, 0.5) is 21.6 Å². The van der Waals surface area contributed by atoms with Gasteiger partial charge in [-0.25, -0.2) is 9.37 Å². The molecule has 1 atom stereocenters. The Morgan fingerprint density at radius 3 is 2.86 bits per heavy atom. The molecule has 2 aliphatic rings. The van der Waals surface area contributed by atoms with Crippen molar-refractivity contribution < 1.29 is 14.3 Å². The zero-order chi connectivity index (χ0) is 19.7. The van der Waals surface area contributed by atoms with Crippen LogP contribution in [0.1, 0.15) is 6.42 Å². The average molecular weight is 382 g/mol. The largest absolute Gasteiger partial charge is 0.504 e. The smallest absolute Gasteiger partial charge is 0.262 e. The number of nitrogens with one attached hydrogen (secondary N) is 2. The topological polar surface area (TPSA) is 105 Å². The van der Waals surface area contributed by atoms with Gasteiger partial charge in [-0.05, 0) is 24.6 Å². The molecule has 0 saturated carbocycles. The minimum Gasteiger partial charge on any atom is -0.504 e. The Hall–Kier alpha value is -3.49. The molecule has 3 N–H and O–H groups in total. The fourth-order valence-corrected chi connectivity index (χ4v) is 3.28. The van der Waals surface area contributed by atoms with Gasteiger partial charge < -0.3 is 20.7 Å². The van der Waals surface area contributed by atoms with Crippen LogP contribution in [0.3, 0.4) is 0 Å². The summed E-state index contributed by atoms with van der Waals surface area (Å²) in [6.07, 6.45) is 5.50. The number of aromatic nitrogens is 2. The number of hydrogen-bond donors (Lipinski definition) is 3. The van der Waals surface area contributed by atoms with E-state index in [0.717, 1.165) is 0 Å². The maximum atomic E-state index is 13.3. The molecule has 0 aromatic carbocycles. The van der Waals surface area contributed by atoms with Crippen molar-refractivity contribution in [3.05, 3.63) is 48.6 Å². The summed E-state index contributed by atoms with van der Waals surface area (Å²) >= 11 is 0. The second-order valence-corrected chi connectivity index (χ2v) is 6.67. The molecule has 0 radical (unpaired) electrons. The second kappa shape index (κ2) is 7.26. The molecule has 28 heavy (non-hydrogen) atoms. The SMILES string of the molecule is N=C1CN(c2ccncc2O)C(=O)/C1=C/Nc1ccc(N2CC[C@H](F)C2)nc1. The molecule has 4 rings (SSSR count). The second-order valence-electron chi connectivity index (χ2n) is 6.67. The highest BCUT2D eigenvalue weighted by molar-refractivity contribution is 6.33. The van der Waals surface area contributed by atoms with Gasteiger partial charge in [0.25, 0.3) is 5.91 Å². The predicted octanol–water partition coefficient (Wildman–Crippen LogP) is 2.09. The number of aromatic hydroxyl groups is 1. The van der Waals surface area contributed by atoms with Gasteiger partial charge >= 0.3 is 0 Å². The summed E-state index contributed by atoms with van der Waals surface area (Å²) in [6.45, 7) is 1.07. The van der Waals surface area contributed by atoms with Crippen molar-refractivity contribution in [2.24, 2.45) is 0 Å². The fourth-order valence-electron chi connectivity index (χ4n) is 3.28. The number of alkyl halides is 1. The lowest BCUT2D eigenvalue weighted by atomic mass is 10.2. The van der Waals surface area contributed by atoms with Crippen LogP contribution in [0.15, 0.2) is 48.6 Å². The van der Waals surface area contributed by atoms with E-state index >= 15 is 0 Å². The Bertz CT molecular complexity index is 946. The van der Waals surface area contributed by atoms with E-state index in [-0.39, 0.29) is 29.5 Å². The summed E-state index contributed by atoms with van der Waals surface area (Å²) < 4.78 is 13.3. The minimum atomic E-state index is -0.813. The van der Waals surface area contributed by atoms with Crippen LogP contribution in [0.2, 0.25) is 0 Å². The summed E-state index contributed by atoms with van der Waals surface area (Å²) in [4.78, 5) is 24.0. The molecule has 2 aromatic heterocycles. The molecular weight excluding hydrogens is 363 g/mol. The zero-order valence-corrected chi connectivity index (χ0v) is 15.0. The Morgan fingerprint density at radius 1 is 1.32 bits per heavy atom. The molecular formula is C19H19FN6O2. The van der Waals surface area contributed by atoms with Crippen LogP contribution in [0.25, 0.3) is 0 Å². The lowest BCUT2D eigenvalue weighted by Gasteiger charge is -2.16. The summed E-state index contributed by atoms with van der Waals surface area (Å²) in [6, 6.07) is 5.11. The van der Waals surface area contributed by atoms with E-state index in [1.807, 2.05) is 4.90 Å². The molecule has 2 saturated heterocycles. The zero-order valence-electron chi connectivity index (χ0n) is 15.0. The number of nitrogens with zero attached hydrogens (tertiary/aromatic N) is 4. The van der Waals surface area contributed by atoms with Crippen LogP contribution in [-0.4, -0.2) is 52.5 Å². The maximum Gasteiger partial charge on any atom is 0.262 e. The highest BCUT2D eigenvalue weighted by Crippen LogP contribution is 2.30. The first-order valence-electron chi connectivity index (χ1n) is 8.87. The number of anilines is 3. The number of halogens is 1. The van der Waals surface area contributed by atoms with E-state index in [0.29, 0.717) is 36.7 Å². The van der Waals surface area contributed by atoms with Crippen molar-refractivity contribution in [2.75, 3.05) is 34.8 Å². The number of hydrogen-bond acceptors (Lipinski definition) is 7. The van der Waals surface area contributed by atoms with Gasteiger partial charge in [0.05, 0.1) is 48.1 Å². The Morgan fingerprint density at radius 2 is 2.18 bits per heavy atom. The van der Waals surface area contributed by atoms with Crippen LogP contribution in [0.5, 0.6) is 5.75 Å². The van der Waals surface area contributed by atoms with Crippen molar-refractivity contribution >= 4 is 28.8 Å². The number of pyridine rings is 2. The third-order valence-electron chi connectivity index (χ3n) is 4.77. The molecule has 8 nitrogen and oxygen atoms in total. The third-order valence-corrected chi connectivity index (χ3v) is 4.77. The van der Waals surface area contributed by atoms with E-state index < -0.39 is 6.17 Å². The molecule has 0 spiro atoms. The minimum absolute atomic E-state index is 0.0699. The standard InChI is InChI=1S/C19H19FN6O2/c20-12-4-6-25(10-12)18-2-1-13(7-24-18)23-8-14-15(21)11-26(19(14)28)16-3-5-22-9-17(16)27/h1-3,5,7-9,12,21,23,27H,4,6,10-11H2/b14-8+,21-15?/t12-/m0/s1. The molecule has 4 heterocycles. The lowest BCUT2D eigenvalue weighted by molar-refractivity contribution is -0.114. The number of amides is 1. The Balaban J connectivity index is 1.46. The van der Waals surface area contributed by atoms with Crippen LogP contribution in [-0.2, 0) is 4.79 Å². The van der Waals surface area contributed by atoms with Gasteiger partial charge in [0.2, 0.25) is 0 Å². The molecule has 9 heteroatoms. The van der Waals surface area contributed by atoms with Gasteiger partial charge in [0.15, 0.2) is 5.75 Å². The van der Waals surface area contributed by atoms with E-state index in [4.69, 9.17) is 5.41 Å². The normalized spacial score (nSPS) is 21.0. The highest BCUT2D eigenvalue weighted by Gasteiger charge is 2.33. The Kier molecular flexibility index (Phi) is 4.64. The van der Waals surface area contributed by atoms with Crippen molar-refractivity contribution in [3.63, 3.8) is 0 Å². The fraction of sp³-hybridized carbons (Fsp3) is 0.263. The molecule has 2 aliphatic heterocycles. The van der Waals surface area contributed by atoms with Gasteiger partial charge in [0.1, 0.15) is 12.0 Å². The lowest BCUT2D eigenvalue weighted by Crippen LogP contribution is -2.25. The van der Waals surface area contributed by atoms with Crippen LogP contribution in [0, 0.1) is 5.41 Å². The maximum absolute atomic E-state index is 13.3. The van der Waals surface area contributed by atoms with Crippen molar-refractivity contribution in [1.82, 2.24) is 9.97 Å². The highest BCUT2D eigenvalue weighted by atomic mass is 19.1. The first-order valence-corrected chi connectivity index (χ1v) is 8.87. The molecule has 0 unspecified atom stereocenters. The van der Waals surface area contributed by atoms with E-state index in [1.54, 1.807) is 18.3 Å². The number of carbonyl (C=O) groups is 1. The molecule has 2 fully saturated rings. The van der Waals surface area contributed by atoms with Gasteiger partial charge in [-0.2, -0.15) is 0 Å². The van der Waals surface area contributed by atoms with E-state index in [2.05, 4.69) is 15.3 Å². The van der Waals surface area contributed by atoms with Gasteiger partial charge in [-0.15, -0.1) is 0 Å². The molecule has 0 aliphatic carbocycles.